The van der Waals surface area contributed by atoms with E-state index in [2.05, 4.69) is 15.5 Å². The summed E-state index contributed by atoms with van der Waals surface area (Å²) in [5.41, 5.74) is 1.87. The highest BCUT2D eigenvalue weighted by molar-refractivity contribution is 8.15. The molecule has 28 heavy (non-hydrogen) atoms. The molecular weight excluding hydrogens is 377 g/mol. The third kappa shape index (κ3) is 4.37. The Hall–Kier alpha value is -3.19. The topological polar surface area (TPSA) is 67.0 Å². The van der Waals surface area contributed by atoms with Crippen molar-refractivity contribution in [1.29, 1.82) is 0 Å². The Morgan fingerprint density at radius 1 is 1.07 bits per heavy atom. The molecule has 0 radical (unpaired) electrons. The molecule has 0 spiro atoms. The van der Waals surface area contributed by atoms with Crippen molar-refractivity contribution in [2.45, 2.75) is 11.7 Å². The second kappa shape index (κ2) is 8.22. The average Bonchev–Trinajstić information content (AvgIpc) is 3.31. The highest BCUT2D eigenvalue weighted by Gasteiger charge is 2.30. The Morgan fingerprint density at radius 3 is 2.64 bits per heavy atom. The molecule has 1 N–H and O–H groups in total. The van der Waals surface area contributed by atoms with Crippen LogP contribution in [-0.2, 0) is 11.2 Å². The first-order valence-electron chi connectivity index (χ1n) is 8.65. The van der Waals surface area contributed by atoms with Gasteiger partial charge in [-0.2, -0.15) is 5.10 Å². The number of hydrogen-bond acceptors (Lipinski definition) is 5. The molecular formula is C21H16FN3O2S. The Bertz CT molecular complexity index is 1030. The van der Waals surface area contributed by atoms with E-state index in [1.165, 1.54) is 30.1 Å². The molecule has 7 heteroatoms. The van der Waals surface area contributed by atoms with Crippen molar-refractivity contribution in [2.75, 3.05) is 0 Å². The van der Waals surface area contributed by atoms with Crippen molar-refractivity contribution in [3.05, 3.63) is 83.9 Å². The van der Waals surface area contributed by atoms with E-state index in [1.807, 2.05) is 42.5 Å². The summed E-state index contributed by atoms with van der Waals surface area (Å²) in [6, 6.07) is 19.6. The Kier molecular flexibility index (Phi) is 5.34. The largest absolute Gasteiger partial charge is 0.455 e. The maximum atomic E-state index is 13.0. The number of amides is 1. The predicted molar refractivity (Wildman–Crippen MR) is 109 cm³/mol. The van der Waals surface area contributed by atoms with E-state index in [0.29, 0.717) is 17.3 Å². The zero-order valence-corrected chi connectivity index (χ0v) is 15.5. The molecule has 2 aromatic carbocycles. The van der Waals surface area contributed by atoms with Crippen molar-refractivity contribution in [3.63, 3.8) is 0 Å². The summed E-state index contributed by atoms with van der Waals surface area (Å²) < 4.78 is 18.7. The van der Waals surface area contributed by atoms with Gasteiger partial charge >= 0.3 is 0 Å². The average molecular weight is 393 g/mol. The van der Waals surface area contributed by atoms with Crippen molar-refractivity contribution in [2.24, 2.45) is 10.2 Å². The molecule has 1 fully saturated rings. The number of benzene rings is 2. The summed E-state index contributed by atoms with van der Waals surface area (Å²) in [5.74, 6) is 0.892. The van der Waals surface area contributed by atoms with Gasteiger partial charge in [0.15, 0.2) is 5.17 Å². The van der Waals surface area contributed by atoms with Gasteiger partial charge in [-0.05, 0) is 36.2 Å². The Balaban J connectivity index is 1.38. The number of halogens is 1. The number of hydrogen-bond donors (Lipinski definition) is 1. The van der Waals surface area contributed by atoms with Crippen molar-refractivity contribution in [1.82, 2.24) is 5.32 Å². The molecule has 1 aliphatic heterocycles. The van der Waals surface area contributed by atoms with E-state index in [0.717, 1.165) is 16.9 Å². The third-order valence-corrected chi connectivity index (χ3v) is 5.20. The summed E-state index contributed by atoms with van der Waals surface area (Å²) in [7, 11) is 0. The van der Waals surface area contributed by atoms with Gasteiger partial charge in [0.25, 0.3) is 0 Å². The summed E-state index contributed by atoms with van der Waals surface area (Å²) in [6.07, 6.45) is 2.00. The van der Waals surface area contributed by atoms with Crippen LogP contribution in [0.2, 0.25) is 0 Å². The van der Waals surface area contributed by atoms with E-state index in [-0.39, 0.29) is 17.0 Å². The zero-order valence-electron chi connectivity index (χ0n) is 14.7. The fraction of sp³-hybridized carbons (Fsp3) is 0.0952. The number of nitrogens with zero attached hydrogens (tertiary/aromatic N) is 2. The number of nitrogens with one attached hydrogen (secondary N) is 1. The van der Waals surface area contributed by atoms with E-state index in [1.54, 1.807) is 12.1 Å². The van der Waals surface area contributed by atoms with Gasteiger partial charge in [-0.25, -0.2) is 4.39 Å². The highest BCUT2D eigenvalue weighted by Crippen LogP contribution is 2.24. The van der Waals surface area contributed by atoms with Crippen LogP contribution in [0.1, 0.15) is 11.3 Å². The first-order chi connectivity index (χ1) is 13.7. The normalized spacial score (nSPS) is 18.1. The van der Waals surface area contributed by atoms with Crippen molar-refractivity contribution >= 4 is 29.1 Å². The zero-order chi connectivity index (χ0) is 19.3. The van der Waals surface area contributed by atoms with Crippen LogP contribution in [0.5, 0.6) is 0 Å². The summed E-state index contributed by atoms with van der Waals surface area (Å²) in [4.78, 5) is 12.1. The van der Waals surface area contributed by atoms with Gasteiger partial charge in [-0.15, -0.1) is 5.10 Å². The Labute approximate surface area is 165 Å². The monoisotopic (exact) mass is 393 g/mol. The molecule has 140 valence electrons. The number of carbonyl (C=O) groups is 1. The molecule has 1 aliphatic rings. The van der Waals surface area contributed by atoms with Gasteiger partial charge < -0.3 is 9.73 Å². The first-order valence-corrected chi connectivity index (χ1v) is 9.53. The predicted octanol–water partition coefficient (Wildman–Crippen LogP) is 4.25. The van der Waals surface area contributed by atoms with Gasteiger partial charge in [-0.3, -0.25) is 4.79 Å². The SMILES string of the molecule is O=C1N/C(=N\N=C/c2ccc(-c3ccccc3)o2)S[C@H]1Cc1ccc(F)cc1. The van der Waals surface area contributed by atoms with Crippen molar-refractivity contribution in [3.8, 4) is 11.3 Å². The van der Waals surface area contributed by atoms with Crippen LogP contribution >= 0.6 is 11.8 Å². The van der Waals surface area contributed by atoms with Crippen LogP contribution in [-0.4, -0.2) is 22.5 Å². The maximum absolute atomic E-state index is 13.0. The number of amidine groups is 1. The lowest BCUT2D eigenvalue weighted by Gasteiger charge is -2.04. The standard InChI is InChI=1S/C21H16FN3O2S/c22-16-8-6-14(7-9-16)12-19-20(26)24-21(28-19)25-23-13-17-10-11-18(27-17)15-4-2-1-3-5-15/h1-11,13,19H,12H2,(H,24,25,26)/b23-13-/t19-/m0/s1. The summed E-state index contributed by atoms with van der Waals surface area (Å²) in [5, 5.41) is 10.9. The van der Waals surface area contributed by atoms with E-state index in [9.17, 15) is 9.18 Å². The molecule has 0 unspecified atom stereocenters. The molecule has 5 nitrogen and oxygen atoms in total. The van der Waals surface area contributed by atoms with E-state index < -0.39 is 0 Å². The smallest absolute Gasteiger partial charge is 0.239 e. The minimum Gasteiger partial charge on any atom is -0.455 e. The van der Waals surface area contributed by atoms with Crippen LogP contribution in [0, 0.1) is 5.82 Å². The highest BCUT2D eigenvalue weighted by atomic mass is 32.2. The minimum atomic E-state index is -0.312. The van der Waals surface area contributed by atoms with Crippen LogP contribution in [0.4, 0.5) is 4.39 Å². The summed E-state index contributed by atoms with van der Waals surface area (Å²) >= 11 is 1.31. The number of furan rings is 1. The van der Waals surface area contributed by atoms with Crippen LogP contribution in [0.25, 0.3) is 11.3 Å². The van der Waals surface area contributed by atoms with Gasteiger partial charge in [0.05, 0.1) is 11.5 Å². The van der Waals surface area contributed by atoms with Crippen LogP contribution in [0.3, 0.4) is 0 Å². The van der Waals surface area contributed by atoms with Crippen molar-refractivity contribution < 1.29 is 13.6 Å². The van der Waals surface area contributed by atoms with Crippen LogP contribution < -0.4 is 5.32 Å². The molecule has 1 saturated heterocycles. The van der Waals surface area contributed by atoms with Gasteiger partial charge in [0.2, 0.25) is 5.91 Å². The second-order valence-corrected chi connectivity index (χ2v) is 7.34. The molecule has 3 aromatic rings. The quantitative estimate of drug-likeness (QED) is 0.521. The maximum Gasteiger partial charge on any atom is 0.239 e. The van der Waals surface area contributed by atoms with E-state index in [4.69, 9.17) is 4.42 Å². The Morgan fingerprint density at radius 2 is 1.86 bits per heavy atom. The van der Waals surface area contributed by atoms with Gasteiger partial charge in [0.1, 0.15) is 17.3 Å². The molecule has 1 atom stereocenters. The first kappa shape index (κ1) is 18.2. The number of rotatable bonds is 5. The molecule has 2 heterocycles. The number of carbonyl (C=O) groups excluding carboxylic acids is 1. The van der Waals surface area contributed by atoms with Gasteiger partial charge in [-0.1, -0.05) is 54.2 Å². The molecule has 1 amide bonds. The number of thioether (sulfide) groups is 1. The second-order valence-electron chi connectivity index (χ2n) is 6.14. The molecule has 0 saturated carbocycles. The molecule has 4 rings (SSSR count). The molecule has 0 aliphatic carbocycles. The fourth-order valence-corrected chi connectivity index (χ4v) is 3.70. The third-order valence-electron chi connectivity index (χ3n) is 4.13. The lowest BCUT2D eigenvalue weighted by Crippen LogP contribution is -2.25. The summed E-state index contributed by atoms with van der Waals surface area (Å²) in [6.45, 7) is 0. The van der Waals surface area contributed by atoms with Gasteiger partial charge in [0, 0.05) is 5.56 Å². The lowest BCUT2D eigenvalue weighted by molar-refractivity contribution is -0.118. The minimum absolute atomic E-state index is 0.132. The van der Waals surface area contributed by atoms with Crippen LogP contribution in [0.15, 0.2) is 81.4 Å². The van der Waals surface area contributed by atoms with E-state index >= 15 is 0 Å². The lowest BCUT2D eigenvalue weighted by atomic mass is 10.1. The molecule has 0 bridgehead atoms. The molecule has 1 aromatic heterocycles. The fourth-order valence-electron chi connectivity index (χ4n) is 2.74.